The zero-order valence-electron chi connectivity index (χ0n) is 7.18. The van der Waals surface area contributed by atoms with Crippen LogP contribution in [-0.4, -0.2) is 37.1 Å². The van der Waals surface area contributed by atoms with Crippen LogP contribution >= 0.6 is 0 Å². The number of carbonyl (C=O) groups is 1. The summed E-state index contributed by atoms with van der Waals surface area (Å²) in [7, 11) is 0. The van der Waals surface area contributed by atoms with E-state index in [0.717, 1.165) is 26.2 Å². The average Bonchev–Trinajstić information content (AvgIpc) is 2.01. The molecule has 12 heavy (non-hydrogen) atoms. The molecule has 2 saturated heterocycles. The second kappa shape index (κ2) is 2.62. The van der Waals surface area contributed by atoms with E-state index in [-0.39, 0.29) is 6.03 Å². The molecule has 0 unspecified atom stereocenters. The average molecular weight is 169 g/mol. The third-order valence-corrected chi connectivity index (χ3v) is 3.03. The molecule has 4 nitrogen and oxygen atoms in total. The summed E-state index contributed by atoms with van der Waals surface area (Å²) >= 11 is 0. The summed E-state index contributed by atoms with van der Waals surface area (Å²) in [6, 6.07) is -0.265. The van der Waals surface area contributed by atoms with Crippen molar-refractivity contribution in [3.8, 4) is 0 Å². The fourth-order valence-electron chi connectivity index (χ4n) is 2.19. The number of nitrogens with zero attached hydrogens (tertiary/aromatic N) is 1. The lowest BCUT2D eigenvalue weighted by atomic mass is 9.72. The molecule has 2 fully saturated rings. The van der Waals surface area contributed by atoms with Crippen molar-refractivity contribution in [1.82, 2.24) is 10.2 Å². The molecule has 3 N–H and O–H groups in total. The van der Waals surface area contributed by atoms with Crippen molar-refractivity contribution in [3.63, 3.8) is 0 Å². The van der Waals surface area contributed by atoms with E-state index < -0.39 is 0 Å². The maximum Gasteiger partial charge on any atom is 0.314 e. The Morgan fingerprint density at radius 2 is 1.92 bits per heavy atom. The number of carbonyl (C=O) groups excluding carboxylic acids is 1. The van der Waals surface area contributed by atoms with Crippen LogP contribution in [0.25, 0.3) is 0 Å². The molecule has 0 aromatic carbocycles. The van der Waals surface area contributed by atoms with Gasteiger partial charge in [0, 0.05) is 18.5 Å². The van der Waals surface area contributed by atoms with Gasteiger partial charge in [-0.05, 0) is 25.9 Å². The van der Waals surface area contributed by atoms with Crippen molar-refractivity contribution in [3.05, 3.63) is 0 Å². The van der Waals surface area contributed by atoms with Gasteiger partial charge in [0.2, 0.25) is 0 Å². The summed E-state index contributed by atoms with van der Waals surface area (Å²) in [5.74, 6) is 0. The second-order valence-corrected chi connectivity index (χ2v) is 3.94. The minimum Gasteiger partial charge on any atom is -0.351 e. The van der Waals surface area contributed by atoms with Gasteiger partial charge in [-0.3, -0.25) is 0 Å². The molecule has 2 aliphatic rings. The number of piperidine rings is 1. The summed E-state index contributed by atoms with van der Waals surface area (Å²) < 4.78 is 0. The Kier molecular flexibility index (Phi) is 1.72. The minimum atomic E-state index is -0.265. The van der Waals surface area contributed by atoms with Gasteiger partial charge in [-0.25, -0.2) is 4.79 Å². The van der Waals surface area contributed by atoms with Crippen LogP contribution in [0.4, 0.5) is 4.79 Å². The Labute approximate surface area is 72.1 Å². The molecule has 0 atom stereocenters. The highest BCUT2D eigenvalue weighted by molar-refractivity contribution is 5.73. The van der Waals surface area contributed by atoms with Crippen LogP contribution in [0.5, 0.6) is 0 Å². The number of amides is 2. The SMILES string of the molecule is NC(=O)N1CC2(CCNCC2)C1. The number of rotatable bonds is 0. The van der Waals surface area contributed by atoms with E-state index in [0.29, 0.717) is 5.41 Å². The normalized spacial score (nSPS) is 26.8. The first-order valence-corrected chi connectivity index (χ1v) is 4.47. The number of likely N-dealkylation sites (tertiary alicyclic amines) is 1. The van der Waals surface area contributed by atoms with Gasteiger partial charge < -0.3 is 16.0 Å². The lowest BCUT2D eigenvalue weighted by Crippen LogP contribution is -2.62. The summed E-state index contributed by atoms with van der Waals surface area (Å²) in [6.07, 6.45) is 2.38. The highest BCUT2D eigenvalue weighted by Crippen LogP contribution is 2.38. The van der Waals surface area contributed by atoms with Gasteiger partial charge in [-0.2, -0.15) is 0 Å². The molecule has 0 aliphatic carbocycles. The van der Waals surface area contributed by atoms with Crippen LogP contribution in [0.1, 0.15) is 12.8 Å². The van der Waals surface area contributed by atoms with Gasteiger partial charge in [0.25, 0.3) is 0 Å². The van der Waals surface area contributed by atoms with Gasteiger partial charge in [0.15, 0.2) is 0 Å². The van der Waals surface area contributed by atoms with E-state index >= 15 is 0 Å². The van der Waals surface area contributed by atoms with E-state index in [2.05, 4.69) is 5.32 Å². The molecular weight excluding hydrogens is 154 g/mol. The van der Waals surface area contributed by atoms with E-state index in [1.165, 1.54) is 12.8 Å². The summed E-state index contributed by atoms with van der Waals surface area (Å²) in [5, 5.41) is 3.32. The summed E-state index contributed by atoms with van der Waals surface area (Å²) in [4.78, 5) is 12.5. The van der Waals surface area contributed by atoms with E-state index in [1.54, 1.807) is 4.90 Å². The van der Waals surface area contributed by atoms with Crippen molar-refractivity contribution in [2.24, 2.45) is 11.1 Å². The predicted molar refractivity (Wildman–Crippen MR) is 45.7 cm³/mol. The quantitative estimate of drug-likeness (QED) is 0.525. The summed E-state index contributed by atoms with van der Waals surface area (Å²) in [5.41, 5.74) is 5.58. The topological polar surface area (TPSA) is 58.4 Å². The molecule has 1 spiro atoms. The third-order valence-electron chi connectivity index (χ3n) is 3.03. The first-order valence-electron chi connectivity index (χ1n) is 4.47. The smallest absolute Gasteiger partial charge is 0.314 e. The fourth-order valence-corrected chi connectivity index (χ4v) is 2.19. The summed E-state index contributed by atoms with van der Waals surface area (Å²) in [6.45, 7) is 3.94. The van der Waals surface area contributed by atoms with Crippen LogP contribution < -0.4 is 11.1 Å². The van der Waals surface area contributed by atoms with E-state index in [1.807, 2.05) is 0 Å². The lowest BCUT2D eigenvalue weighted by molar-refractivity contribution is 0.00935. The number of hydrogen-bond acceptors (Lipinski definition) is 2. The first-order chi connectivity index (χ1) is 5.72. The zero-order chi connectivity index (χ0) is 8.60. The van der Waals surface area contributed by atoms with E-state index in [9.17, 15) is 4.79 Å². The van der Waals surface area contributed by atoms with E-state index in [4.69, 9.17) is 5.73 Å². The highest BCUT2D eigenvalue weighted by atomic mass is 16.2. The molecule has 0 aromatic heterocycles. The Balaban J connectivity index is 1.88. The number of primary amides is 1. The maximum atomic E-state index is 10.7. The zero-order valence-corrected chi connectivity index (χ0v) is 7.18. The standard InChI is InChI=1S/C8H15N3O/c9-7(12)11-5-8(6-11)1-3-10-4-2-8/h10H,1-6H2,(H2,9,12). The Morgan fingerprint density at radius 1 is 1.33 bits per heavy atom. The molecule has 0 bridgehead atoms. The second-order valence-electron chi connectivity index (χ2n) is 3.94. The molecule has 4 heteroatoms. The van der Waals surface area contributed by atoms with Crippen LogP contribution in [0.3, 0.4) is 0 Å². The van der Waals surface area contributed by atoms with Gasteiger partial charge in [-0.15, -0.1) is 0 Å². The lowest BCUT2D eigenvalue weighted by Gasteiger charge is -2.51. The number of hydrogen-bond donors (Lipinski definition) is 2. The highest BCUT2D eigenvalue weighted by Gasteiger charge is 2.44. The first kappa shape index (κ1) is 7.86. The molecule has 0 saturated carbocycles. The molecule has 2 aliphatic heterocycles. The van der Waals surface area contributed by atoms with Gasteiger partial charge >= 0.3 is 6.03 Å². The van der Waals surface area contributed by atoms with Crippen molar-refractivity contribution in [2.75, 3.05) is 26.2 Å². The van der Waals surface area contributed by atoms with Crippen LogP contribution in [-0.2, 0) is 0 Å². The van der Waals surface area contributed by atoms with Crippen molar-refractivity contribution in [1.29, 1.82) is 0 Å². The Morgan fingerprint density at radius 3 is 2.42 bits per heavy atom. The van der Waals surface area contributed by atoms with Crippen LogP contribution in [0, 0.1) is 5.41 Å². The molecular formula is C8H15N3O. The predicted octanol–water partition coefficient (Wildman–Crippen LogP) is -0.250. The van der Waals surface area contributed by atoms with Crippen molar-refractivity contribution >= 4 is 6.03 Å². The molecule has 2 heterocycles. The Hall–Kier alpha value is -0.770. The monoisotopic (exact) mass is 169 g/mol. The third kappa shape index (κ3) is 1.16. The minimum absolute atomic E-state index is 0.265. The number of urea groups is 1. The van der Waals surface area contributed by atoms with Crippen LogP contribution in [0.2, 0.25) is 0 Å². The fraction of sp³-hybridized carbons (Fsp3) is 0.875. The molecule has 0 radical (unpaired) electrons. The van der Waals surface area contributed by atoms with Crippen molar-refractivity contribution < 1.29 is 4.79 Å². The number of nitrogens with two attached hydrogens (primary N) is 1. The Bertz CT molecular complexity index is 190. The maximum absolute atomic E-state index is 10.7. The van der Waals surface area contributed by atoms with Crippen LogP contribution in [0.15, 0.2) is 0 Å². The van der Waals surface area contributed by atoms with Gasteiger partial charge in [0.1, 0.15) is 0 Å². The largest absolute Gasteiger partial charge is 0.351 e. The van der Waals surface area contributed by atoms with Gasteiger partial charge in [-0.1, -0.05) is 0 Å². The molecule has 2 rings (SSSR count). The molecule has 68 valence electrons. The number of nitrogens with one attached hydrogen (secondary N) is 1. The molecule has 2 amide bonds. The van der Waals surface area contributed by atoms with Gasteiger partial charge in [0.05, 0.1) is 0 Å². The molecule has 0 aromatic rings. The van der Waals surface area contributed by atoms with Crippen molar-refractivity contribution in [2.45, 2.75) is 12.8 Å².